The van der Waals surface area contributed by atoms with Gasteiger partial charge in [0.1, 0.15) is 24.3 Å². The maximum Gasteiger partial charge on any atom is 0.321 e. The van der Waals surface area contributed by atoms with Gasteiger partial charge in [-0.1, -0.05) is 12.1 Å². The summed E-state index contributed by atoms with van der Waals surface area (Å²) in [5, 5.41) is 0. The zero-order valence-corrected chi connectivity index (χ0v) is 15.3. The van der Waals surface area contributed by atoms with Crippen LogP contribution in [0.1, 0.15) is 35.9 Å². The topological polar surface area (TPSA) is 89.5 Å². The number of carbonyl (C=O) groups is 2. The number of halogens is 2. The zero-order valence-electron chi connectivity index (χ0n) is 14.5. The van der Waals surface area contributed by atoms with Crippen LogP contribution in [0.3, 0.4) is 0 Å². The van der Waals surface area contributed by atoms with E-state index >= 15 is 0 Å². The highest BCUT2D eigenvalue weighted by Crippen LogP contribution is 2.21. The molecule has 0 aliphatic rings. The molecule has 1 unspecified atom stereocenters. The summed E-state index contributed by atoms with van der Waals surface area (Å²) in [5.74, 6) is -2.61. The summed E-state index contributed by atoms with van der Waals surface area (Å²) >= 11 is 0. The summed E-state index contributed by atoms with van der Waals surface area (Å²) in [6.07, 6.45) is -1.10. The van der Waals surface area contributed by atoms with Gasteiger partial charge in [0.15, 0.2) is 5.78 Å². The second kappa shape index (κ2) is 8.36. The first-order chi connectivity index (χ1) is 12.6. The van der Waals surface area contributed by atoms with Crippen molar-refractivity contribution in [3.63, 3.8) is 0 Å². The molecule has 0 amide bonds. The minimum Gasteiger partial charge on any atom is -0.457 e. The van der Waals surface area contributed by atoms with Crippen molar-refractivity contribution in [3.05, 3.63) is 65.2 Å². The van der Waals surface area contributed by atoms with E-state index in [0.29, 0.717) is 5.56 Å². The maximum absolute atomic E-state index is 13.7. The Hall–Kier alpha value is -2.65. The normalized spacial score (nSPS) is 12.4. The van der Waals surface area contributed by atoms with Crippen LogP contribution in [0, 0.1) is 11.6 Å². The second-order valence-electron chi connectivity index (χ2n) is 5.70. The molecule has 0 aliphatic carbocycles. The zero-order chi connectivity index (χ0) is 20.2. The van der Waals surface area contributed by atoms with Gasteiger partial charge in [-0.25, -0.2) is 17.2 Å². The summed E-state index contributed by atoms with van der Waals surface area (Å²) < 4.78 is 58.2. The van der Waals surface area contributed by atoms with Crippen LogP contribution >= 0.6 is 0 Å². The van der Waals surface area contributed by atoms with Crippen molar-refractivity contribution < 1.29 is 31.5 Å². The van der Waals surface area contributed by atoms with E-state index in [1.165, 1.54) is 38.1 Å². The number of ether oxygens (including phenoxy) is 1. The van der Waals surface area contributed by atoms with Crippen LogP contribution in [-0.4, -0.2) is 26.7 Å². The third-order valence-electron chi connectivity index (χ3n) is 3.68. The predicted octanol–water partition coefficient (Wildman–Crippen LogP) is 2.75. The molecule has 0 saturated carbocycles. The molecule has 0 aromatic heterocycles. The Morgan fingerprint density at radius 3 is 2.33 bits per heavy atom. The molecule has 2 aromatic carbocycles. The average Bonchev–Trinajstić information content (AvgIpc) is 2.62. The Balaban J connectivity index is 1.99. The van der Waals surface area contributed by atoms with E-state index in [-0.39, 0.29) is 16.2 Å². The molecule has 1 N–H and O–H groups in total. The lowest BCUT2D eigenvalue weighted by Crippen LogP contribution is -2.31. The third-order valence-corrected chi connectivity index (χ3v) is 5.10. The van der Waals surface area contributed by atoms with Crippen molar-refractivity contribution >= 4 is 21.8 Å². The van der Waals surface area contributed by atoms with Gasteiger partial charge in [0, 0.05) is 11.1 Å². The largest absolute Gasteiger partial charge is 0.457 e. The van der Waals surface area contributed by atoms with Crippen molar-refractivity contribution in [2.45, 2.75) is 24.8 Å². The lowest BCUT2D eigenvalue weighted by molar-refractivity contribution is -0.147. The minimum absolute atomic E-state index is 0.135. The van der Waals surface area contributed by atoms with Crippen LogP contribution in [0.25, 0.3) is 0 Å². The molecule has 144 valence electrons. The summed E-state index contributed by atoms with van der Waals surface area (Å²) in [6.45, 7) is 1.99. The minimum atomic E-state index is -4.01. The lowest BCUT2D eigenvalue weighted by atomic mass is 10.1. The number of ketones is 1. The molecular weight excluding hydrogens is 380 g/mol. The fraction of sp³-hybridized carbons (Fsp3) is 0.222. The van der Waals surface area contributed by atoms with E-state index in [0.717, 1.165) is 18.2 Å². The molecule has 0 saturated heterocycles. The highest BCUT2D eigenvalue weighted by molar-refractivity contribution is 7.89. The first-order valence-electron chi connectivity index (χ1n) is 7.85. The Morgan fingerprint density at radius 1 is 1.11 bits per heavy atom. The van der Waals surface area contributed by atoms with Gasteiger partial charge in [0.05, 0.1) is 4.90 Å². The van der Waals surface area contributed by atoms with Crippen LogP contribution in [0.4, 0.5) is 8.78 Å². The molecule has 1 atom stereocenters. The van der Waals surface area contributed by atoms with Crippen LogP contribution in [0.2, 0.25) is 0 Å². The molecular formula is C18H17F2NO5S. The van der Waals surface area contributed by atoms with Gasteiger partial charge >= 0.3 is 5.97 Å². The van der Waals surface area contributed by atoms with Crippen LogP contribution in [0.5, 0.6) is 0 Å². The first kappa shape index (κ1) is 20.7. The van der Waals surface area contributed by atoms with E-state index in [9.17, 15) is 26.8 Å². The van der Waals surface area contributed by atoms with E-state index in [1.54, 1.807) is 0 Å². The van der Waals surface area contributed by atoms with Crippen LogP contribution < -0.4 is 4.72 Å². The van der Waals surface area contributed by atoms with Gasteiger partial charge < -0.3 is 4.74 Å². The molecule has 0 aliphatic heterocycles. The summed E-state index contributed by atoms with van der Waals surface area (Å²) in [5.41, 5.74) is 0.185. The lowest BCUT2D eigenvalue weighted by Gasteiger charge is -2.15. The molecule has 0 heterocycles. The number of sulfonamides is 1. The molecule has 0 bridgehead atoms. The van der Waals surface area contributed by atoms with Gasteiger partial charge in [0.25, 0.3) is 0 Å². The van der Waals surface area contributed by atoms with Crippen molar-refractivity contribution in [3.8, 4) is 0 Å². The van der Waals surface area contributed by atoms with Crippen molar-refractivity contribution in [2.24, 2.45) is 0 Å². The van der Waals surface area contributed by atoms with Gasteiger partial charge in [-0.3, -0.25) is 9.59 Å². The quantitative estimate of drug-likeness (QED) is 0.573. The monoisotopic (exact) mass is 397 g/mol. The highest BCUT2D eigenvalue weighted by atomic mass is 32.2. The average molecular weight is 397 g/mol. The van der Waals surface area contributed by atoms with E-state index < -0.39 is 40.3 Å². The van der Waals surface area contributed by atoms with E-state index in [4.69, 9.17) is 4.74 Å². The fourth-order valence-electron chi connectivity index (χ4n) is 2.23. The fourth-order valence-corrected chi connectivity index (χ4v) is 3.20. The third kappa shape index (κ3) is 5.41. The van der Waals surface area contributed by atoms with Crippen molar-refractivity contribution in [1.29, 1.82) is 0 Å². The molecule has 0 fully saturated rings. The van der Waals surface area contributed by atoms with Gasteiger partial charge in [-0.05, 0) is 44.2 Å². The van der Waals surface area contributed by atoms with Crippen LogP contribution in [-0.2, 0) is 19.6 Å². The molecule has 0 spiro atoms. The Morgan fingerprint density at radius 2 is 1.74 bits per heavy atom. The molecule has 0 radical (unpaired) electrons. The molecule has 9 heteroatoms. The summed E-state index contributed by atoms with van der Waals surface area (Å²) in [7, 11) is -4.01. The number of carbonyl (C=O) groups excluding carboxylic acids is 2. The van der Waals surface area contributed by atoms with E-state index in [2.05, 4.69) is 4.72 Å². The first-order valence-corrected chi connectivity index (χ1v) is 9.33. The number of esters is 1. The number of hydrogen-bond acceptors (Lipinski definition) is 5. The number of rotatable bonds is 7. The SMILES string of the molecule is CC(=O)c1ccc(S(=O)(=O)NCC(=O)OC(C)c2cc(F)ccc2F)cc1. The summed E-state index contributed by atoms with van der Waals surface area (Å²) in [4.78, 5) is 22.9. The molecule has 27 heavy (non-hydrogen) atoms. The van der Waals surface area contributed by atoms with Crippen molar-refractivity contribution in [2.75, 3.05) is 6.54 Å². The van der Waals surface area contributed by atoms with Crippen molar-refractivity contribution in [1.82, 2.24) is 4.72 Å². The Kier molecular flexibility index (Phi) is 6.40. The highest BCUT2D eigenvalue weighted by Gasteiger charge is 2.20. The molecule has 6 nitrogen and oxygen atoms in total. The van der Waals surface area contributed by atoms with Gasteiger partial charge in [-0.2, -0.15) is 4.72 Å². The second-order valence-corrected chi connectivity index (χ2v) is 7.47. The number of benzene rings is 2. The molecule has 2 aromatic rings. The Labute approximate surface area is 155 Å². The summed E-state index contributed by atoms with van der Waals surface area (Å²) in [6, 6.07) is 7.90. The standard InChI is InChI=1S/C18H17F2NO5S/c1-11(22)13-3-6-15(7-4-13)27(24,25)21-10-18(23)26-12(2)16-9-14(19)5-8-17(16)20/h3-9,12,21H,10H2,1-2H3. The van der Waals surface area contributed by atoms with Gasteiger partial charge in [0.2, 0.25) is 10.0 Å². The van der Waals surface area contributed by atoms with Crippen LogP contribution in [0.15, 0.2) is 47.4 Å². The number of hydrogen-bond donors (Lipinski definition) is 1. The van der Waals surface area contributed by atoms with Gasteiger partial charge in [-0.15, -0.1) is 0 Å². The molecule has 2 rings (SSSR count). The Bertz CT molecular complexity index is 958. The smallest absolute Gasteiger partial charge is 0.321 e. The number of Topliss-reactive ketones (excluding diaryl/α,β-unsaturated/α-hetero) is 1. The van der Waals surface area contributed by atoms with E-state index in [1.807, 2.05) is 0 Å². The predicted molar refractivity (Wildman–Crippen MR) is 92.5 cm³/mol. The maximum atomic E-state index is 13.7. The number of nitrogens with one attached hydrogen (secondary N) is 1.